The Morgan fingerprint density at radius 3 is 2.40 bits per heavy atom. The van der Waals surface area contributed by atoms with E-state index < -0.39 is 17.2 Å². The largest absolute Gasteiger partial charge is 0.381 e. The van der Waals surface area contributed by atoms with E-state index in [0.717, 1.165) is 6.07 Å². The molecule has 106 valence electrons. The maximum atomic E-state index is 14.1. The van der Waals surface area contributed by atoms with E-state index in [-0.39, 0.29) is 25.6 Å². The van der Waals surface area contributed by atoms with Gasteiger partial charge in [0.15, 0.2) is 0 Å². The highest BCUT2D eigenvalue weighted by Crippen LogP contribution is 2.38. The molecule has 0 fully saturated rings. The summed E-state index contributed by atoms with van der Waals surface area (Å²) in [6, 6.07) is 6.65. The third kappa shape index (κ3) is 2.70. The van der Waals surface area contributed by atoms with E-state index in [2.05, 4.69) is 15.9 Å². The van der Waals surface area contributed by atoms with E-state index in [1.165, 1.54) is 25.1 Å². The number of benzene rings is 2. The normalized spacial score (nSPS) is 14.2. The predicted molar refractivity (Wildman–Crippen MR) is 79.2 cm³/mol. The van der Waals surface area contributed by atoms with E-state index >= 15 is 0 Å². The highest BCUT2D eigenvalue weighted by Gasteiger charge is 2.32. The highest BCUT2D eigenvalue weighted by molar-refractivity contribution is 9.10. The van der Waals surface area contributed by atoms with Crippen LogP contribution in [-0.4, -0.2) is 5.11 Å². The van der Waals surface area contributed by atoms with Gasteiger partial charge in [-0.1, -0.05) is 35.3 Å². The van der Waals surface area contributed by atoms with Crippen molar-refractivity contribution >= 4 is 39.1 Å². The quantitative estimate of drug-likeness (QED) is 0.700. The van der Waals surface area contributed by atoms with Gasteiger partial charge in [-0.05, 0) is 41.1 Å². The molecular formula is C14H9BrCl2F2O. The number of hydrogen-bond donors (Lipinski definition) is 1. The molecule has 0 amide bonds. The first-order valence-electron chi connectivity index (χ1n) is 5.57. The lowest BCUT2D eigenvalue weighted by atomic mass is 9.88. The summed E-state index contributed by atoms with van der Waals surface area (Å²) in [4.78, 5) is 0. The second-order valence-corrected chi connectivity index (χ2v) is 6.09. The molecule has 0 heterocycles. The summed E-state index contributed by atoms with van der Waals surface area (Å²) in [6.07, 6.45) is 0. The Hall–Kier alpha value is -0.680. The molecule has 0 radical (unpaired) electrons. The molecule has 0 bridgehead atoms. The Kier molecular flexibility index (Phi) is 4.40. The molecular weight excluding hydrogens is 373 g/mol. The molecule has 0 aliphatic rings. The van der Waals surface area contributed by atoms with Crippen LogP contribution in [0, 0.1) is 11.6 Å². The van der Waals surface area contributed by atoms with Crippen molar-refractivity contribution < 1.29 is 13.9 Å². The first-order chi connectivity index (χ1) is 9.25. The van der Waals surface area contributed by atoms with Crippen LogP contribution in [0.4, 0.5) is 8.78 Å². The van der Waals surface area contributed by atoms with Gasteiger partial charge in [-0.3, -0.25) is 0 Å². The van der Waals surface area contributed by atoms with Gasteiger partial charge in [-0.2, -0.15) is 0 Å². The summed E-state index contributed by atoms with van der Waals surface area (Å²) in [5.41, 5.74) is -1.77. The van der Waals surface area contributed by atoms with Crippen molar-refractivity contribution in [3.8, 4) is 0 Å². The van der Waals surface area contributed by atoms with Crippen LogP contribution in [0.2, 0.25) is 10.0 Å². The number of hydrogen-bond acceptors (Lipinski definition) is 1. The van der Waals surface area contributed by atoms with Gasteiger partial charge in [0.05, 0.1) is 9.50 Å². The summed E-state index contributed by atoms with van der Waals surface area (Å²) >= 11 is 14.6. The molecule has 0 saturated heterocycles. The Balaban J connectivity index is 2.66. The molecule has 2 aromatic carbocycles. The van der Waals surface area contributed by atoms with Crippen molar-refractivity contribution in [3.05, 3.63) is 67.6 Å². The number of rotatable bonds is 2. The average molecular weight is 382 g/mol. The Morgan fingerprint density at radius 1 is 1.10 bits per heavy atom. The topological polar surface area (TPSA) is 20.2 Å². The fourth-order valence-corrected chi connectivity index (χ4v) is 2.85. The van der Waals surface area contributed by atoms with Crippen LogP contribution in [0.25, 0.3) is 0 Å². The molecule has 0 aromatic heterocycles. The third-order valence-corrected chi connectivity index (χ3v) is 4.23. The van der Waals surface area contributed by atoms with Gasteiger partial charge < -0.3 is 5.11 Å². The fourth-order valence-electron chi connectivity index (χ4n) is 1.92. The van der Waals surface area contributed by atoms with Crippen LogP contribution in [0.15, 0.2) is 34.8 Å². The van der Waals surface area contributed by atoms with Crippen LogP contribution in [-0.2, 0) is 5.60 Å². The number of halogens is 5. The first-order valence-corrected chi connectivity index (χ1v) is 7.12. The average Bonchev–Trinajstić information content (AvgIpc) is 2.36. The molecule has 6 heteroatoms. The molecule has 0 saturated carbocycles. The van der Waals surface area contributed by atoms with Crippen molar-refractivity contribution in [2.24, 2.45) is 0 Å². The molecule has 1 nitrogen and oxygen atoms in total. The smallest absolute Gasteiger partial charge is 0.143 e. The van der Waals surface area contributed by atoms with Gasteiger partial charge in [-0.25, -0.2) is 8.78 Å². The van der Waals surface area contributed by atoms with E-state index in [9.17, 15) is 13.9 Å². The standard InChI is InChI=1S/C14H9BrCl2F2O/c1-14(20,7-3-2-4-9(15)13(7)19)8-5-12(18)11(17)6-10(8)16/h2-6,20H,1H3. The van der Waals surface area contributed by atoms with Crippen LogP contribution < -0.4 is 0 Å². The maximum Gasteiger partial charge on any atom is 0.143 e. The second kappa shape index (κ2) is 5.60. The first kappa shape index (κ1) is 15.7. The minimum Gasteiger partial charge on any atom is -0.381 e. The fraction of sp³-hybridized carbons (Fsp3) is 0.143. The van der Waals surface area contributed by atoms with Crippen LogP contribution >= 0.6 is 39.1 Å². The minimum absolute atomic E-state index is 0.0181. The summed E-state index contributed by atoms with van der Waals surface area (Å²) in [6.45, 7) is 1.34. The Morgan fingerprint density at radius 2 is 1.75 bits per heavy atom. The lowest BCUT2D eigenvalue weighted by molar-refractivity contribution is 0.0975. The molecule has 2 aromatic rings. The highest BCUT2D eigenvalue weighted by atomic mass is 79.9. The number of aliphatic hydroxyl groups is 1. The summed E-state index contributed by atoms with van der Waals surface area (Å²) in [5.74, 6) is -1.37. The zero-order valence-electron chi connectivity index (χ0n) is 10.2. The van der Waals surface area contributed by atoms with Gasteiger partial charge in [0.2, 0.25) is 0 Å². The second-order valence-electron chi connectivity index (χ2n) is 4.42. The van der Waals surface area contributed by atoms with Crippen molar-refractivity contribution in [1.82, 2.24) is 0 Å². The molecule has 1 atom stereocenters. The lowest BCUT2D eigenvalue weighted by Gasteiger charge is -2.26. The van der Waals surface area contributed by atoms with Crippen molar-refractivity contribution in [1.29, 1.82) is 0 Å². The Bertz CT molecular complexity index is 674. The molecule has 1 N–H and O–H groups in total. The van der Waals surface area contributed by atoms with Crippen LogP contribution in [0.1, 0.15) is 18.1 Å². The van der Waals surface area contributed by atoms with Crippen molar-refractivity contribution in [2.45, 2.75) is 12.5 Å². The van der Waals surface area contributed by atoms with Gasteiger partial charge in [0.25, 0.3) is 0 Å². The molecule has 0 aliphatic carbocycles. The summed E-state index contributed by atoms with van der Waals surface area (Å²) < 4.78 is 27.9. The lowest BCUT2D eigenvalue weighted by Crippen LogP contribution is -2.25. The zero-order valence-corrected chi connectivity index (χ0v) is 13.3. The molecule has 0 spiro atoms. The van der Waals surface area contributed by atoms with Crippen LogP contribution in [0.3, 0.4) is 0 Å². The molecule has 1 unspecified atom stereocenters. The van der Waals surface area contributed by atoms with E-state index in [0.29, 0.717) is 0 Å². The third-order valence-electron chi connectivity index (χ3n) is 3.01. The van der Waals surface area contributed by atoms with E-state index in [1.54, 1.807) is 6.07 Å². The SMILES string of the molecule is CC(O)(c1cc(F)c(Cl)cc1Cl)c1cccc(Br)c1F. The monoisotopic (exact) mass is 380 g/mol. The molecule has 2 rings (SSSR count). The maximum absolute atomic E-state index is 14.1. The van der Waals surface area contributed by atoms with Gasteiger partial charge >= 0.3 is 0 Å². The predicted octanol–water partition coefficient (Wildman–Crippen LogP) is 5.29. The van der Waals surface area contributed by atoms with E-state index in [4.69, 9.17) is 23.2 Å². The molecule has 0 aliphatic heterocycles. The van der Waals surface area contributed by atoms with Gasteiger partial charge in [0.1, 0.15) is 17.2 Å². The van der Waals surface area contributed by atoms with Gasteiger partial charge in [-0.15, -0.1) is 0 Å². The molecule has 20 heavy (non-hydrogen) atoms. The summed E-state index contributed by atoms with van der Waals surface area (Å²) in [7, 11) is 0. The van der Waals surface area contributed by atoms with Crippen molar-refractivity contribution in [2.75, 3.05) is 0 Å². The van der Waals surface area contributed by atoms with Gasteiger partial charge in [0, 0.05) is 16.1 Å². The zero-order chi connectivity index (χ0) is 15.1. The van der Waals surface area contributed by atoms with Crippen molar-refractivity contribution in [3.63, 3.8) is 0 Å². The summed E-state index contributed by atoms with van der Waals surface area (Å²) in [5, 5.41) is 10.5. The van der Waals surface area contributed by atoms with Crippen LogP contribution in [0.5, 0.6) is 0 Å². The minimum atomic E-state index is -1.80. The Labute approximate surface area is 133 Å². The van der Waals surface area contributed by atoms with E-state index in [1.807, 2.05) is 0 Å².